The Bertz CT molecular complexity index is 490. The normalized spacial score (nSPS) is 25.2. The van der Waals surface area contributed by atoms with Crippen LogP contribution in [0.4, 0.5) is 0 Å². The minimum absolute atomic E-state index is 0.0218. The first kappa shape index (κ1) is 15.5. The van der Waals surface area contributed by atoms with E-state index in [-0.39, 0.29) is 36.4 Å². The van der Waals surface area contributed by atoms with E-state index in [1.54, 1.807) is 6.92 Å². The summed E-state index contributed by atoms with van der Waals surface area (Å²) in [7, 11) is 0. The van der Waals surface area contributed by atoms with Crippen LogP contribution >= 0.6 is 0 Å². The van der Waals surface area contributed by atoms with Crippen molar-refractivity contribution in [1.29, 1.82) is 0 Å². The number of carbonyl (C=O) groups excluding carboxylic acids is 2. The van der Waals surface area contributed by atoms with Crippen LogP contribution in [0.25, 0.3) is 0 Å². The fraction of sp³-hybridized carbons (Fsp3) is 0.500. The van der Waals surface area contributed by atoms with E-state index in [1.807, 2.05) is 37.3 Å². The maximum Gasteiger partial charge on any atom is 0.307 e. The second-order valence-electron chi connectivity index (χ2n) is 5.32. The Hall–Kier alpha value is -1.88. The lowest BCUT2D eigenvalue weighted by atomic mass is 9.96. The van der Waals surface area contributed by atoms with Crippen LogP contribution in [0.1, 0.15) is 25.8 Å². The van der Waals surface area contributed by atoms with Gasteiger partial charge in [-0.25, -0.2) is 0 Å². The molecular formula is C16H22N2O3. The number of piperazine rings is 1. The zero-order valence-electron chi connectivity index (χ0n) is 12.5. The predicted octanol–water partition coefficient (Wildman–Crippen LogP) is 1.03. The van der Waals surface area contributed by atoms with Crippen LogP contribution in [0.2, 0.25) is 0 Å². The predicted molar refractivity (Wildman–Crippen MR) is 79.7 cm³/mol. The van der Waals surface area contributed by atoms with Crippen molar-refractivity contribution in [2.45, 2.75) is 44.8 Å². The highest BCUT2D eigenvalue weighted by atomic mass is 16.5. The molecule has 1 heterocycles. The zero-order valence-corrected chi connectivity index (χ0v) is 12.5. The van der Waals surface area contributed by atoms with Crippen molar-refractivity contribution in [2.24, 2.45) is 0 Å². The second kappa shape index (κ2) is 7.22. The highest BCUT2D eigenvalue weighted by Crippen LogP contribution is 2.12. The third-order valence-corrected chi connectivity index (χ3v) is 3.68. The summed E-state index contributed by atoms with van der Waals surface area (Å²) in [6.07, 6.45) is 0.874. The van der Waals surface area contributed by atoms with Crippen LogP contribution < -0.4 is 10.6 Å². The van der Waals surface area contributed by atoms with Crippen molar-refractivity contribution in [1.82, 2.24) is 10.6 Å². The van der Waals surface area contributed by atoms with Gasteiger partial charge in [-0.15, -0.1) is 0 Å². The topological polar surface area (TPSA) is 67.4 Å². The summed E-state index contributed by atoms with van der Waals surface area (Å²) in [5.74, 6) is -0.261. The number of ether oxygens (including phenoxy) is 1. The summed E-state index contributed by atoms with van der Waals surface area (Å²) in [4.78, 5) is 23.7. The van der Waals surface area contributed by atoms with Crippen LogP contribution in [0.15, 0.2) is 30.3 Å². The highest BCUT2D eigenvalue weighted by Gasteiger charge is 2.33. The van der Waals surface area contributed by atoms with Gasteiger partial charge in [0.05, 0.1) is 19.1 Å². The van der Waals surface area contributed by atoms with Gasteiger partial charge in [0.2, 0.25) is 5.91 Å². The van der Waals surface area contributed by atoms with E-state index in [0.29, 0.717) is 13.0 Å². The van der Waals surface area contributed by atoms with Gasteiger partial charge in [0, 0.05) is 12.1 Å². The van der Waals surface area contributed by atoms with E-state index in [0.717, 1.165) is 5.56 Å². The fourth-order valence-corrected chi connectivity index (χ4v) is 2.54. The molecule has 0 unspecified atom stereocenters. The largest absolute Gasteiger partial charge is 0.466 e. The monoisotopic (exact) mass is 290 g/mol. The molecule has 0 aliphatic carbocycles. The molecule has 1 amide bonds. The Balaban J connectivity index is 1.98. The molecule has 1 aromatic rings. The van der Waals surface area contributed by atoms with E-state index >= 15 is 0 Å². The third kappa shape index (κ3) is 4.29. The SMILES string of the molecule is CCOC(=O)C[C@H]1N[C@@H](Cc2ccccc2)C(=O)N[C@H]1C. The Morgan fingerprint density at radius 1 is 1.29 bits per heavy atom. The van der Waals surface area contributed by atoms with Crippen molar-refractivity contribution < 1.29 is 14.3 Å². The van der Waals surface area contributed by atoms with E-state index in [4.69, 9.17) is 4.74 Å². The number of nitrogens with one attached hydrogen (secondary N) is 2. The molecule has 0 spiro atoms. The molecule has 5 heteroatoms. The van der Waals surface area contributed by atoms with Crippen molar-refractivity contribution in [3.05, 3.63) is 35.9 Å². The Kier molecular flexibility index (Phi) is 5.33. The Morgan fingerprint density at radius 3 is 2.67 bits per heavy atom. The van der Waals surface area contributed by atoms with Gasteiger partial charge in [-0.1, -0.05) is 30.3 Å². The van der Waals surface area contributed by atoms with Gasteiger partial charge >= 0.3 is 5.97 Å². The molecule has 2 N–H and O–H groups in total. The smallest absolute Gasteiger partial charge is 0.307 e. The highest BCUT2D eigenvalue weighted by molar-refractivity contribution is 5.83. The summed E-state index contributed by atoms with van der Waals surface area (Å²) in [5.41, 5.74) is 1.09. The van der Waals surface area contributed by atoms with Gasteiger partial charge in [0.25, 0.3) is 0 Å². The number of benzene rings is 1. The standard InChI is InChI=1S/C16H22N2O3/c1-3-21-15(19)10-13-11(2)17-16(20)14(18-13)9-12-7-5-4-6-8-12/h4-8,11,13-14,18H,3,9-10H2,1-2H3,(H,17,20)/t11-,13+,14-/m0/s1. The van der Waals surface area contributed by atoms with E-state index in [9.17, 15) is 9.59 Å². The molecule has 114 valence electrons. The molecule has 0 aromatic heterocycles. The Morgan fingerprint density at radius 2 is 2.00 bits per heavy atom. The Labute approximate surface area is 125 Å². The summed E-state index contributed by atoms with van der Waals surface area (Å²) < 4.78 is 4.98. The van der Waals surface area contributed by atoms with Crippen molar-refractivity contribution >= 4 is 11.9 Å². The molecule has 1 saturated heterocycles. The van der Waals surface area contributed by atoms with Gasteiger partial charge < -0.3 is 15.4 Å². The van der Waals surface area contributed by atoms with E-state index < -0.39 is 0 Å². The molecule has 21 heavy (non-hydrogen) atoms. The van der Waals surface area contributed by atoms with Crippen molar-refractivity contribution in [3.63, 3.8) is 0 Å². The molecule has 0 saturated carbocycles. The summed E-state index contributed by atoms with van der Waals surface area (Å²) in [6, 6.07) is 9.33. The van der Waals surface area contributed by atoms with Crippen LogP contribution in [-0.2, 0) is 20.7 Å². The summed E-state index contributed by atoms with van der Waals surface area (Å²) in [5, 5.41) is 6.22. The van der Waals surface area contributed by atoms with Crippen LogP contribution in [-0.4, -0.2) is 36.6 Å². The van der Waals surface area contributed by atoms with Crippen LogP contribution in [0.3, 0.4) is 0 Å². The second-order valence-corrected chi connectivity index (χ2v) is 5.32. The molecule has 1 aromatic carbocycles. The van der Waals surface area contributed by atoms with Crippen LogP contribution in [0.5, 0.6) is 0 Å². The zero-order chi connectivity index (χ0) is 15.2. The molecule has 3 atom stereocenters. The molecule has 0 radical (unpaired) electrons. The minimum atomic E-state index is -0.317. The number of amides is 1. The van der Waals surface area contributed by atoms with Crippen molar-refractivity contribution in [2.75, 3.05) is 6.61 Å². The first-order valence-electron chi connectivity index (χ1n) is 7.36. The first-order valence-corrected chi connectivity index (χ1v) is 7.36. The van der Waals surface area contributed by atoms with E-state index in [2.05, 4.69) is 10.6 Å². The maximum atomic E-state index is 12.1. The third-order valence-electron chi connectivity index (χ3n) is 3.68. The summed E-state index contributed by atoms with van der Waals surface area (Å²) in [6.45, 7) is 4.06. The molecule has 1 aliphatic heterocycles. The van der Waals surface area contributed by atoms with Crippen molar-refractivity contribution in [3.8, 4) is 0 Å². The van der Waals surface area contributed by atoms with Gasteiger partial charge in [0.1, 0.15) is 0 Å². The number of hydrogen-bond acceptors (Lipinski definition) is 4. The number of rotatable bonds is 5. The van der Waals surface area contributed by atoms with Gasteiger partial charge in [-0.3, -0.25) is 9.59 Å². The number of carbonyl (C=O) groups is 2. The molecule has 1 fully saturated rings. The summed E-state index contributed by atoms with van der Waals surface area (Å²) >= 11 is 0. The lowest BCUT2D eigenvalue weighted by molar-refractivity contribution is -0.144. The lowest BCUT2D eigenvalue weighted by Crippen LogP contribution is -2.63. The van der Waals surface area contributed by atoms with Gasteiger partial charge in [-0.05, 0) is 25.8 Å². The number of esters is 1. The average molecular weight is 290 g/mol. The molecule has 1 aliphatic rings. The molecule has 2 rings (SSSR count). The minimum Gasteiger partial charge on any atom is -0.466 e. The van der Waals surface area contributed by atoms with Gasteiger partial charge in [0.15, 0.2) is 0 Å². The molecule has 0 bridgehead atoms. The van der Waals surface area contributed by atoms with Gasteiger partial charge in [-0.2, -0.15) is 0 Å². The first-order chi connectivity index (χ1) is 10.1. The maximum absolute atomic E-state index is 12.1. The fourth-order valence-electron chi connectivity index (χ4n) is 2.54. The van der Waals surface area contributed by atoms with E-state index in [1.165, 1.54) is 0 Å². The average Bonchev–Trinajstić information content (AvgIpc) is 2.45. The lowest BCUT2D eigenvalue weighted by Gasteiger charge is -2.35. The molecular weight excluding hydrogens is 268 g/mol. The number of hydrogen-bond donors (Lipinski definition) is 2. The molecule has 5 nitrogen and oxygen atoms in total. The quantitative estimate of drug-likeness (QED) is 0.795. The van der Waals surface area contributed by atoms with Crippen LogP contribution in [0, 0.1) is 0 Å².